The van der Waals surface area contributed by atoms with Gasteiger partial charge in [-0.2, -0.15) is 5.26 Å². The van der Waals surface area contributed by atoms with Crippen molar-refractivity contribution in [1.82, 2.24) is 4.57 Å². The Bertz CT molecular complexity index is 901. The summed E-state index contributed by atoms with van der Waals surface area (Å²) >= 11 is 0. The monoisotopic (exact) mass is 338 g/mol. The normalized spacial score (nSPS) is 10.6. The van der Waals surface area contributed by atoms with E-state index in [0.717, 1.165) is 11.3 Å². The number of aromatic nitrogens is 1. The van der Waals surface area contributed by atoms with Crippen LogP contribution in [0.5, 0.6) is 5.75 Å². The van der Waals surface area contributed by atoms with Crippen molar-refractivity contribution in [2.45, 2.75) is 13.3 Å². The van der Waals surface area contributed by atoms with Gasteiger partial charge >= 0.3 is 5.97 Å². The van der Waals surface area contributed by atoms with Gasteiger partial charge in [-0.1, -0.05) is 0 Å². The van der Waals surface area contributed by atoms with Gasteiger partial charge in [0.2, 0.25) is 0 Å². The van der Waals surface area contributed by atoms with Gasteiger partial charge in [-0.15, -0.1) is 0 Å². The van der Waals surface area contributed by atoms with Crippen molar-refractivity contribution in [3.05, 3.63) is 58.4 Å². The third-order valence-corrected chi connectivity index (χ3v) is 4.01. The highest BCUT2D eigenvalue weighted by Gasteiger charge is 2.12. The van der Waals surface area contributed by atoms with Crippen molar-refractivity contribution in [2.24, 2.45) is 7.05 Å². The topological polar surface area (TPSA) is 92.3 Å². The summed E-state index contributed by atoms with van der Waals surface area (Å²) in [4.78, 5) is 23.3. The Labute approximate surface area is 145 Å². The Hall–Kier alpha value is -3.33. The van der Waals surface area contributed by atoms with Gasteiger partial charge in [0.1, 0.15) is 17.5 Å². The summed E-state index contributed by atoms with van der Waals surface area (Å²) in [6.45, 7) is 1.86. The molecule has 0 aliphatic rings. The average molecular weight is 338 g/mol. The third kappa shape index (κ3) is 3.96. The van der Waals surface area contributed by atoms with Crippen LogP contribution in [0.1, 0.15) is 32.9 Å². The lowest BCUT2D eigenvalue weighted by atomic mass is 10.0. The van der Waals surface area contributed by atoms with Gasteiger partial charge in [0.05, 0.1) is 13.5 Å². The van der Waals surface area contributed by atoms with Crippen molar-refractivity contribution in [1.29, 1.82) is 5.26 Å². The smallest absolute Gasteiger partial charge is 0.307 e. The van der Waals surface area contributed by atoms with Crippen LogP contribution in [-0.2, 0) is 18.3 Å². The number of carboxylic acid groups (broad SMARTS) is 1. The van der Waals surface area contributed by atoms with Gasteiger partial charge in [0, 0.05) is 23.9 Å². The number of methoxy groups -OCH3 is 1. The molecule has 128 valence electrons. The molecule has 1 aromatic carbocycles. The zero-order chi connectivity index (χ0) is 18.6. The Morgan fingerprint density at radius 3 is 2.64 bits per heavy atom. The van der Waals surface area contributed by atoms with E-state index in [4.69, 9.17) is 15.1 Å². The molecule has 0 unspecified atom stereocenters. The van der Waals surface area contributed by atoms with E-state index in [0.29, 0.717) is 22.6 Å². The van der Waals surface area contributed by atoms with E-state index < -0.39 is 5.97 Å². The lowest BCUT2D eigenvalue weighted by Crippen LogP contribution is -2.04. The minimum atomic E-state index is -0.998. The molecule has 2 aromatic rings. The molecule has 0 fully saturated rings. The molecule has 0 aliphatic heterocycles. The van der Waals surface area contributed by atoms with Crippen LogP contribution in [-0.4, -0.2) is 28.5 Å². The maximum atomic E-state index is 12.4. The second-order valence-corrected chi connectivity index (χ2v) is 5.54. The van der Waals surface area contributed by atoms with Gasteiger partial charge in [-0.25, -0.2) is 0 Å². The molecule has 0 atom stereocenters. The summed E-state index contributed by atoms with van der Waals surface area (Å²) in [7, 11) is 3.24. The summed E-state index contributed by atoms with van der Waals surface area (Å²) in [5.41, 5.74) is 2.99. The second kappa shape index (κ2) is 7.49. The first-order chi connectivity index (χ1) is 11.9. The summed E-state index contributed by atoms with van der Waals surface area (Å²) in [6.07, 6.45) is 2.84. The van der Waals surface area contributed by atoms with Crippen LogP contribution in [0, 0.1) is 18.3 Å². The summed E-state index contributed by atoms with van der Waals surface area (Å²) in [5.74, 6) is -0.820. The quantitative estimate of drug-likeness (QED) is 0.646. The number of aliphatic carboxylic acids is 1. The van der Waals surface area contributed by atoms with Crippen molar-refractivity contribution in [3.63, 3.8) is 0 Å². The predicted molar refractivity (Wildman–Crippen MR) is 92.6 cm³/mol. The largest absolute Gasteiger partial charge is 0.496 e. The molecule has 0 aliphatic carbocycles. The molecule has 1 heterocycles. The molecule has 0 radical (unpaired) electrons. The zero-order valence-corrected chi connectivity index (χ0v) is 14.2. The van der Waals surface area contributed by atoms with Gasteiger partial charge in [0.15, 0.2) is 5.78 Å². The number of carbonyl (C=O) groups is 2. The lowest BCUT2D eigenvalue weighted by molar-refractivity contribution is -0.136. The SMILES string of the molecule is COc1ccc(C(=O)/C=C/c2cc(C#N)n(C)c2C)cc1CC(=O)O. The maximum Gasteiger partial charge on any atom is 0.307 e. The second-order valence-electron chi connectivity index (χ2n) is 5.54. The van der Waals surface area contributed by atoms with E-state index in [9.17, 15) is 9.59 Å². The molecule has 1 N–H and O–H groups in total. The molecular formula is C19H18N2O4. The van der Waals surface area contributed by atoms with Crippen molar-refractivity contribution >= 4 is 17.8 Å². The minimum absolute atomic E-state index is 0.225. The fourth-order valence-electron chi connectivity index (χ4n) is 2.49. The number of carboxylic acids is 1. The van der Waals surface area contributed by atoms with Gasteiger partial charge in [-0.05, 0) is 48.9 Å². The molecule has 0 saturated heterocycles. The van der Waals surface area contributed by atoms with E-state index in [1.54, 1.807) is 35.9 Å². The summed E-state index contributed by atoms with van der Waals surface area (Å²) in [6, 6.07) is 8.50. The summed E-state index contributed by atoms with van der Waals surface area (Å²) < 4.78 is 6.88. The highest BCUT2D eigenvalue weighted by Crippen LogP contribution is 2.22. The van der Waals surface area contributed by atoms with Crippen LogP contribution in [0.25, 0.3) is 6.08 Å². The third-order valence-electron chi connectivity index (χ3n) is 4.01. The summed E-state index contributed by atoms with van der Waals surface area (Å²) in [5, 5.41) is 18.0. The minimum Gasteiger partial charge on any atom is -0.496 e. The Morgan fingerprint density at radius 1 is 1.36 bits per heavy atom. The molecule has 0 amide bonds. The number of rotatable bonds is 6. The highest BCUT2D eigenvalue weighted by atomic mass is 16.5. The van der Waals surface area contributed by atoms with Crippen LogP contribution >= 0.6 is 0 Å². The van der Waals surface area contributed by atoms with Crippen LogP contribution in [0.3, 0.4) is 0 Å². The van der Waals surface area contributed by atoms with Gasteiger partial charge in [-0.3, -0.25) is 9.59 Å². The maximum absolute atomic E-state index is 12.4. The van der Waals surface area contributed by atoms with E-state index in [2.05, 4.69) is 6.07 Å². The fraction of sp³-hybridized carbons (Fsp3) is 0.211. The van der Waals surface area contributed by atoms with Crippen LogP contribution < -0.4 is 4.74 Å². The standard InChI is InChI=1S/C19H18N2O4/c1-12-13(9-16(11-20)21(12)2)4-6-17(22)14-5-7-18(25-3)15(8-14)10-19(23)24/h4-9H,10H2,1-3H3,(H,23,24)/b6-4+. The Kier molecular flexibility index (Phi) is 5.40. The van der Waals surface area contributed by atoms with E-state index in [1.165, 1.54) is 19.3 Å². The number of nitrogens with zero attached hydrogens (tertiary/aromatic N) is 2. The number of carbonyl (C=O) groups excluding carboxylic acids is 1. The number of hydrogen-bond donors (Lipinski definition) is 1. The number of benzene rings is 1. The number of hydrogen-bond acceptors (Lipinski definition) is 4. The molecule has 0 spiro atoms. The molecular weight excluding hydrogens is 320 g/mol. The Morgan fingerprint density at radius 2 is 2.08 bits per heavy atom. The van der Waals surface area contributed by atoms with Gasteiger partial charge < -0.3 is 14.4 Å². The highest BCUT2D eigenvalue weighted by molar-refractivity contribution is 6.07. The molecule has 2 rings (SSSR count). The number of ketones is 1. The van der Waals surface area contributed by atoms with E-state index in [-0.39, 0.29) is 12.2 Å². The average Bonchev–Trinajstić information content (AvgIpc) is 2.86. The van der Waals surface area contributed by atoms with Crippen LogP contribution in [0.2, 0.25) is 0 Å². The first-order valence-corrected chi connectivity index (χ1v) is 7.55. The molecule has 0 saturated carbocycles. The Balaban J connectivity index is 2.29. The lowest BCUT2D eigenvalue weighted by Gasteiger charge is -2.08. The number of nitriles is 1. The van der Waals surface area contributed by atoms with Crippen LogP contribution in [0.15, 0.2) is 30.3 Å². The molecule has 1 aromatic heterocycles. The first kappa shape index (κ1) is 18.0. The fourth-order valence-corrected chi connectivity index (χ4v) is 2.49. The van der Waals surface area contributed by atoms with Crippen molar-refractivity contribution < 1.29 is 19.4 Å². The van der Waals surface area contributed by atoms with Crippen molar-refractivity contribution in [3.8, 4) is 11.8 Å². The molecule has 6 heteroatoms. The van der Waals surface area contributed by atoms with E-state index in [1.807, 2.05) is 6.92 Å². The number of allylic oxidation sites excluding steroid dienone is 1. The van der Waals surface area contributed by atoms with Crippen LogP contribution in [0.4, 0.5) is 0 Å². The predicted octanol–water partition coefficient (Wildman–Crippen LogP) is 2.74. The number of ether oxygens (including phenoxy) is 1. The molecule has 6 nitrogen and oxygen atoms in total. The van der Waals surface area contributed by atoms with Crippen molar-refractivity contribution in [2.75, 3.05) is 7.11 Å². The molecule has 25 heavy (non-hydrogen) atoms. The molecule has 0 bridgehead atoms. The zero-order valence-electron chi connectivity index (χ0n) is 14.2. The van der Waals surface area contributed by atoms with Gasteiger partial charge in [0.25, 0.3) is 0 Å². The first-order valence-electron chi connectivity index (χ1n) is 7.55. The van der Waals surface area contributed by atoms with E-state index >= 15 is 0 Å².